The molecule has 0 radical (unpaired) electrons. The van der Waals surface area contributed by atoms with Crippen molar-refractivity contribution < 1.29 is 9.32 Å². The summed E-state index contributed by atoms with van der Waals surface area (Å²) in [6, 6.07) is 8.77. The maximum absolute atomic E-state index is 12.4. The number of Topliss-reactive ketones (excluding diaryl/α,β-unsaturated/α-hetero) is 1. The standard InChI is InChI=1S/C19H17ClN2O3S/c1-19(2,3)16-9-13(22-25-16)14(23)10-17-21-18(24)15(26-17)8-11-4-6-12(20)7-5-11/h4-10H,1-3H3,(H,21,24)/b15-8-,17-10-. The van der Waals surface area contributed by atoms with Crippen LogP contribution in [-0.2, 0) is 5.41 Å². The molecule has 0 aliphatic heterocycles. The number of benzene rings is 1. The molecule has 0 atom stereocenters. The van der Waals surface area contributed by atoms with E-state index in [0.29, 0.717) is 20.0 Å². The number of hydrogen-bond acceptors (Lipinski definition) is 5. The molecule has 1 N–H and O–H groups in total. The summed E-state index contributed by atoms with van der Waals surface area (Å²) in [6.07, 6.45) is 3.10. The molecule has 0 saturated carbocycles. The van der Waals surface area contributed by atoms with Crippen molar-refractivity contribution in [3.8, 4) is 0 Å². The van der Waals surface area contributed by atoms with Gasteiger partial charge in [-0.15, -0.1) is 11.3 Å². The van der Waals surface area contributed by atoms with Crippen molar-refractivity contribution in [3.63, 3.8) is 0 Å². The van der Waals surface area contributed by atoms with Crippen LogP contribution in [0.5, 0.6) is 0 Å². The number of nitrogens with one attached hydrogen (secondary N) is 1. The van der Waals surface area contributed by atoms with Gasteiger partial charge in [-0.05, 0) is 23.8 Å². The number of aromatic amines is 1. The first-order chi connectivity index (χ1) is 12.2. The van der Waals surface area contributed by atoms with E-state index in [4.69, 9.17) is 16.1 Å². The van der Waals surface area contributed by atoms with E-state index in [-0.39, 0.29) is 22.5 Å². The summed E-state index contributed by atoms with van der Waals surface area (Å²) in [4.78, 5) is 27.1. The Labute approximate surface area is 158 Å². The first-order valence-corrected chi connectivity index (χ1v) is 9.11. The van der Waals surface area contributed by atoms with E-state index in [0.717, 1.165) is 5.56 Å². The SMILES string of the molecule is CC(C)(C)c1cc(C(=O)/C=c2/[nH]c(=O)/c(=C/c3ccc(Cl)cc3)s2)no1. The van der Waals surface area contributed by atoms with Crippen molar-refractivity contribution >= 4 is 40.9 Å². The van der Waals surface area contributed by atoms with Gasteiger partial charge in [0.1, 0.15) is 5.76 Å². The van der Waals surface area contributed by atoms with Gasteiger partial charge in [0.05, 0.1) is 9.20 Å². The van der Waals surface area contributed by atoms with Crippen LogP contribution in [0.2, 0.25) is 5.02 Å². The minimum Gasteiger partial charge on any atom is -0.360 e. The summed E-state index contributed by atoms with van der Waals surface area (Å²) in [7, 11) is 0. The highest BCUT2D eigenvalue weighted by molar-refractivity contribution is 7.07. The second-order valence-corrected chi connectivity index (χ2v) is 8.34. The highest BCUT2D eigenvalue weighted by atomic mass is 35.5. The first-order valence-electron chi connectivity index (χ1n) is 7.92. The Hall–Kier alpha value is -2.44. The summed E-state index contributed by atoms with van der Waals surface area (Å²) in [6.45, 7) is 5.92. The van der Waals surface area contributed by atoms with Crippen LogP contribution in [0.15, 0.2) is 39.6 Å². The number of aromatic nitrogens is 2. The number of thiazole rings is 1. The second kappa shape index (κ2) is 7.05. The number of H-pyrrole nitrogens is 1. The predicted octanol–water partition coefficient (Wildman–Crippen LogP) is 2.87. The fraction of sp³-hybridized carbons (Fsp3) is 0.211. The topological polar surface area (TPSA) is 76.0 Å². The normalized spacial score (nSPS) is 13.4. The fourth-order valence-electron chi connectivity index (χ4n) is 2.17. The van der Waals surface area contributed by atoms with Gasteiger partial charge in [-0.3, -0.25) is 9.59 Å². The average molecular weight is 389 g/mol. The van der Waals surface area contributed by atoms with Crippen molar-refractivity contribution in [2.45, 2.75) is 26.2 Å². The van der Waals surface area contributed by atoms with Crippen molar-refractivity contribution in [3.05, 3.63) is 71.9 Å². The molecule has 0 amide bonds. The van der Waals surface area contributed by atoms with Crippen LogP contribution in [0.3, 0.4) is 0 Å². The quantitative estimate of drug-likeness (QED) is 0.700. The van der Waals surface area contributed by atoms with Gasteiger partial charge >= 0.3 is 0 Å². The summed E-state index contributed by atoms with van der Waals surface area (Å²) in [5.74, 6) is 0.311. The zero-order valence-corrected chi connectivity index (χ0v) is 16.1. The summed E-state index contributed by atoms with van der Waals surface area (Å²) >= 11 is 7.06. The van der Waals surface area contributed by atoms with Gasteiger partial charge in [-0.1, -0.05) is 49.7 Å². The van der Waals surface area contributed by atoms with E-state index in [2.05, 4.69) is 10.1 Å². The zero-order valence-electron chi connectivity index (χ0n) is 14.5. The van der Waals surface area contributed by atoms with Gasteiger partial charge < -0.3 is 9.51 Å². The molecule has 3 aromatic rings. The molecule has 7 heteroatoms. The molecule has 3 rings (SSSR count). The Morgan fingerprint density at radius 2 is 1.96 bits per heavy atom. The van der Waals surface area contributed by atoms with Gasteiger partial charge in [0.2, 0.25) is 5.78 Å². The van der Waals surface area contributed by atoms with Crippen LogP contribution in [-0.4, -0.2) is 15.9 Å². The first kappa shape index (κ1) is 18.4. The van der Waals surface area contributed by atoms with Gasteiger partial charge in [0, 0.05) is 22.6 Å². The Morgan fingerprint density at radius 1 is 1.27 bits per heavy atom. The lowest BCUT2D eigenvalue weighted by atomic mass is 9.93. The molecule has 0 bridgehead atoms. The lowest BCUT2D eigenvalue weighted by Gasteiger charge is -2.11. The zero-order chi connectivity index (χ0) is 18.9. The third kappa shape index (κ3) is 4.20. The molecule has 0 fully saturated rings. The third-order valence-electron chi connectivity index (χ3n) is 3.61. The number of nitrogens with zero attached hydrogens (tertiary/aromatic N) is 1. The minimum atomic E-state index is -0.320. The van der Waals surface area contributed by atoms with E-state index >= 15 is 0 Å². The third-order valence-corrected chi connectivity index (χ3v) is 4.83. The lowest BCUT2D eigenvalue weighted by Crippen LogP contribution is -2.20. The van der Waals surface area contributed by atoms with Crippen molar-refractivity contribution in [2.75, 3.05) is 0 Å². The molecule has 2 aromatic heterocycles. The molecule has 0 unspecified atom stereocenters. The highest BCUT2D eigenvalue weighted by Gasteiger charge is 2.21. The molecule has 134 valence electrons. The van der Waals surface area contributed by atoms with Crippen LogP contribution in [0, 0.1) is 0 Å². The smallest absolute Gasteiger partial charge is 0.266 e. The van der Waals surface area contributed by atoms with Crippen LogP contribution in [0.4, 0.5) is 0 Å². The minimum absolute atomic E-state index is 0.215. The van der Waals surface area contributed by atoms with E-state index in [9.17, 15) is 9.59 Å². The predicted molar refractivity (Wildman–Crippen MR) is 103 cm³/mol. The Morgan fingerprint density at radius 3 is 2.58 bits per heavy atom. The van der Waals surface area contributed by atoms with Crippen molar-refractivity contribution in [1.29, 1.82) is 0 Å². The van der Waals surface area contributed by atoms with E-state index in [1.165, 1.54) is 17.4 Å². The molecule has 0 aliphatic carbocycles. The van der Waals surface area contributed by atoms with Gasteiger partial charge in [0.15, 0.2) is 5.69 Å². The van der Waals surface area contributed by atoms with Crippen molar-refractivity contribution in [2.24, 2.45) is 0 Å². The number of ketones is 1. The van der Waals surface area contributed by atoms with Crippen LogP contribution >= 0.6 is 22.9 Å². The molecule has 2 heterocycles. The summed E-state index contributed by atoms with van der Waals surface area (Å²) in [5.41, 5.74) is 0.585. The summed E-state index contributed by atoms with van der Waals surface area (Å²) in [5, 5.41) is 4.45. The van der Waals surface area contributed by atoms with E-state index in [1.807, 2.05) is 32.9 Å². The number of carbonyl (C=O) groups is 1. The number of rotatable bonds is 3. The highest BCUT2D eigenvalue weighted by Crippen LogP contribution is 2.22. The van der Waals surface area contributed by atoms with Crippen LogP contribution in [0.25, 0.3) is 12.2 Å². The second-order valence-electron chi connectivity index (χ2n) is 6.82. The van der Waals surface area contributed by atoms with Gasteiger partial charge in [-0.2, -0.15) is 0 Å². The Kier molecular flexibility index (Phi) is 4.98. The molecule has 0 aliphatic rings. The number of hydrogen-bond donors (Lipinski definition) is 1. The molecule has 26 heavy (non-hydrogen) atoms. The van der Waals surface area contributed by atoms with Crippen LogP contribution < -0.4 is 14.8 Å². The van der Waals surface area contributed by atoms with Gasteiger partial charge in [0.25, 0.3) is 5.56 Å². The molecule has 1 aromatic carbocycles. The maximum atomic E-state index is 12.4. The van der Waals surface area contributed by atoms with E-state index < -0.39 is 0 Å². The largest absolute Gasteiger partial charge is 0.360 e. The van der Waals surface area contributed by atoms with Gasteiger partial charge in [-0.25, -0.2) is 0 Å². The monoisotopic (exact) mass is 388 g/mol. The molecular weight excluding hydrogens is 372 g/mol. The number of halogens is 1. The summed E-state index contributed by atoms with van der Waals surface area (Å²) < 4.78 is 6.19. The average Bonchev–Trinajstić information content (AvgIpc) is 3.17. The molecule has 5 nitrogen and oxygen atoms in total. The van der Waals surface area contributed by atoms with E-state index in [1.54, 1.807) is 24.3 Å². The lowest BCUT2D eigenvalue weighted by molar-refractivity contribution is 0.105. The molecular formula is C19H17ClN2O3S. The fourth-order valence-corrected chi connectivity index (χ4v) is 3.18. The maximum Gasteiger partial charge on any atom is 0.266 e. The molecule has 0 saturated heterocycles. The number of carbonyl (C=O) groups excluding carboxylic acids is 1. The Bertz CT molecular complexity index is 1120. The Balaban J connectivity index is 1.93. The molecule has 0 spiro atoms. The van der Waals surface area contributed by atoms with Crippen molar-refractivity contribution in [1.82, 2.24) is 10.1 Å². The van der Waals surface area contributed by atoms with Crippen LogP contribution in [0.1, 0.15) is 42.6 Å².